The molecule has 27 heavy (non-hydrogen) atoms. The molecule has 1 aliphatic rings. The Morgan fingerprint density at radius 1 is 1.15 bits per heavy atom. The van der Waals surface area contributed by atoms with Crippen LogP contribution < -0.4 is 10.2 Å². The summed E-state index contributed by atoms with van der Waals surface area (Å²) in [6.07, 6.45) is 4.59. The van der Waals surface area contributed by atoms with Gasteiger partial charge in [-0.05, 0) is 12.5 Å². The van der Waals surface area contributed by atoms with Crippen molar-refractivity contribution in [2.45, 2.75) is 19.9 Å². The number of hydrogen-bond donors (Lipinski definition) is 2. The average molecular weight is 367 g/mol. The third-order valence-electron chi connectivity index (χ3n) is 5.09. The molecular weight excluding hydrogens is 340 g/mol. The predicted octanol–water partition coefficient (Wildman–Crippen LogP) is 0.900. The van der Waals surface area contributed by atoms with E-state index < -0.39 is 0 Å². The second kappa shape index (κ2) is 8.45. The lowest BCUT2D eigenvalue weighted by Gasteiger charge is -2.23. The number of nitrogens with one attached hydrogen (secondary N) is 2. The summed E-state index contributed by atoms with van der Waals surface area (Å²) in [4.78, 5) is 10.5. The van der Waals surface area contributed by atoms with Crippen LogP contribution in [0.25, 0.3) is 11.0 Å². The van der Waals surface area contributed by atoms with Gasteiger partial charge in [0.15, 0.2) is 5.65 Å². The number of hydrogen-bond acceptors (Lipinski definition) is 5. The summed E-state index contributed by atoms with van der Waals surface area (Å²) in [6, 6.07) is 8.52. The predicted molar refractivity (Wildman–Crippen MR) is 105 cm³/mol. The zero-order chi connectivity index (χ0) is 18.5. The Kier molecular flexibility index (Phi) is 5.60. The lowest BCUT2D eigenvalue weighted by atomic mass is 10.1. The minimum absolute atomic E-state index is 0.709. The second-order valence-corrected chi connectivity index (χ2v) is 7.14. The number of quaternary nitrogens is 1. The molecule has 1 aliphatic heterocycles. The Morgan fingerprint density at radius 3 is 2.78 bits per heavy atom. The van der Waals surface area contributed by atoms with Crippen molar-refractivity contribution in [3.05, 3.63) is 47.9 Å². The highest BCUT2D eigenvalue weighted by molar-refractivity contribution is 5.86. The summed E-state index contributed by atoms with van der Waals surface area (Å²) in [5.41, 5.74) is 3.34. The molecule has 3 aromatic rings. The molecule has 0 atom stereocenters. The van der Waals surface area contributed by atoms with Gasteiger partial charge in [0.2, 0.25) is 0 Å². The van der Waals surface area contributed by atoms with Crippen molar-refractivity contribution in [2.75, 3.05) is 44.7 Å². The Morgan fingerprint density at radius 2 is 1.96 bits per heavy atom. The van der Waals surface area contributed by atoms with E-state index >= 15 is 0 Å². The van der Waals surface area contributed by atoms with Crippen molar-refractivity contribution in [1.29, 1.82) is 0 Å². The Bertz CT molecular complexity index is 870. The molecule has 0 spiro atoms. The van der Waals surface area contributed by atoms with Crippen LogP contribution in [0.5, 0.6) is 0 Å². The van der Waals surface area contributed by atoms with Crippen molar-refractivity contribution >= 4 is 16.9 Å². The van der Waals surface area contributed by atoms with Gasteiger partial charge in [-0.15, -0.1) is 0 Å². The van der Waals surface area contributed by atoms with Crippen LogP contribution in [-0.4, -0.2) is 59.1 Å². The summed E-state index contributed by atoms with van der Waals surface area (Å²) in [5.74, 6) is 0.868. The van der Waals surface area contributed by atoms with Gasteiger partial charge >= 0.3 is 0 Å². The van der Waals surface area contributed by atoms with E-state index in [0.29, 0.717) is 6.54 Å². The molecule has 0 radical (unpaired) electrons. The number of morpholine rings is 1. The summed E-state index contributed by atoms with van der Waals surface area (Å²) >= 11 is 0. The molecule has 4 rings (SSSR count). The quantitative estimate of drug-likeness (QED) is 0.607. The standard InChI is InChI=1S/C20H26N6O/c1-16-3-5-17(6-4-16)14-26-20-18(13-24-26)19(22-15-23-20)21-7-2-8-25-9-11-27-12-10-25/h3-6,13,15H,2,7-12,14H2,1H3,(H,21,22,23)/p+1. The lowest BCUT2D eigenvalue weighted by molar-refractivity contribution is -0.908. The van der Waals surface area contributed by atoms with Crippen molar-refractivity contribution in [3.63, 3.8) is 0 Å². The lowest BCUT2D eigenvalue weighted by Crippen LogP contribution is -3.14. The van der Waals surface area contributed by atoms with Crippen molar-refractivity contribution < 1.29 is 9.64 Å². The third-order valence-corrected chi connectivity index (χ3v) is 5.09. The van der Waals surface area contributed by atoms with Gasteiger partial charge in [-0.2, -0.15) is 5.10 Å². The highest BCUT2D eigenvalue weighted by atomic mass is 16.5. The molecule has 142 valence electrons. The minimum atomic E-state index is 0.709. The summed E-state index contributed by atoms with van der Waals surface area (Å²) in [6.45, 7) is 8.87. The normalized spacial score (nSPS) is 15.3. The molecule has 2 aromatic heterocycles. The first-order chi connectivity index (χ1) is 13.3. The highest BCUT2D eigenvalue weighted by Crippen LogP contribution is 2.19. The van der Waals surface area contributed by atoms with Crippen LogP contribution in [0.2, 0.25) is 0 Å². The van der Waals surface area contributed by atoms with Crippen molar-refractivity contribution in [1.82, 2.24) is 19.7 Å². The Labute approximate surface area is 159 Å². The van der Waals surface area contributed by atoms with Gasteiger partial charge in [-0.3, -0.25) is 0 Å². The van der Waals surface area contributed by atoms with Crippen LogP contribution in [0.1, 0.15) is 17.5 Å². The van der Waals surface area contributed by atoms with Crippen LogP contribution in [0.4, 0.5) is 5.82 Å². The van der Waals surface area contributed by atoms with E-state index in [0.717, 1.165) is 62.7 Å². The number of rotatable bonds is 7. The first-order valence-electron chi connectivity index (χ1n) is 9.67. The minimum Gasteiger partial charge on any atom is -0.370 e. The fourth-order valence-electron chi connectivity index (χ4n) is 3.47. The fourth-order valence-corrected chi connectivity index (χ4v) is 3.47. The van der Waals surface area contributed by atoms with Gasteiger partial charge in [-0.1, -0.05) is 29.8 Å². The largest absolute Gasteiger partial charge is 0.370 e. The Hall–Kier alpha value is -2.51. The fraction of sp³-hybridized carbons (Fsp3) is 0.450. The van der Waals surface area contributed by atoms with Crippen LogP contribution >= 0.6 is 0 Å². The molecule has 0 saturated carbocycles. The molecule has 0 amide bonds. The van der Waals surface area contributed by atoms with Crippen LogP contribution in [0.3, 0.4) is 0 Å². The summed E-state index contributed by atoms with van der Waals surface area (Å²) < 4.78 is 7.35. The smallest absolute Gasteiger partial charge is 0.163 e. The molecule has 7 nitrogen and oxygen atoms in total. The topological polar surface area (TPSA) is 69.3 Å². The Balaban J connectivity index is 1.38. The van der Waals surface area contributed by atoms with Gasteiger partial charge in [0.1, 0.15) is 25.2 Å². The summed E-state index contributed by atoms with van der Waals surface area (Å²) in [7, 11) is 0. The van der Waals surface area contributed by atoms with Gasteiger partial charge in [0, 0.05) is 13.0 Å². The van der Waals surface area contributed by atoms with Crippen LogP contribution in [-0.2, 0) is 11.3 Å². The first-order valence-corrected chi connectivity index (χ1v) is 9.67. The molecule has 1 aromatic carbocycles. The first kappa shape index (κ1) is 17.9. The van der Waals surface area contributed by atoms with E-state index in [9.17, 15) is 0 Å². The molecule has 3 heterocycles. The maximum absolute atomic E-state index is 5.41. The number of nitrogens with zero attached hydrogens (tertiary/aromatic N) is 4. The van der Waals surface area contributed by atoms with E-state index in [1.165, 1.54) is 11.1 Å². The van der Waals surface area contributed by atoms with E-state index in [2.05, 4.69) is 51.6 Å². The van der Waals surface area contributed by atoms with E-state index in [4.69, 9.17) is 4.74 Å². The van der Waals surface area contributed by atoms with Gasteiger partial charge in [-0.25, -0.2) is 14.6 Å². The van der Waals surface area contributed by atoms with Crippen LogP contribution in [0, 0.1) is 6.92 Å². The van der Waals surface area contributed by atoms with Gasteiger partial charge in [0.05, 0.1) is 37.9 Å². The monoisotopic (exact) mass is 367 g/mol. The molecule has 0 unspecified atom stereocenters. The van der Waals surface area contributed by atoms with Crippen molar-refractivity contribution in [3.8, 4) is 0 Å². The van der Waals surface area contributed by atoms with E-state index in [1.807, 2.05) is 10.9 Å². The molecule has 1 fully saturated rings. The zero-order valence-corrected chi connectivity index (χ0v) is 15.8. The average Bonchev–Trinajstić information content (AvgIpc) is 3.11. The second-order valence-electron chi connectivity index (χ2n) is 7.14. The number of fused-ring (bicyclic) bond motifs is 1. The zero-order valence-electron chi connectivity index (χ0n) is 15.8. The van der Waals surface area contributed by atoms with Gasteiger partial charge < -0.3 is 15.0 Å². The van der Waals surface area contributed by atoms with Crippen LogP contribution in [0.15, 0.2) is 36.8 Å². The number of anilines is 1. The molecule has 2 N–H and O–H groups in total. The van der Waals surface area contributed by atoms with E-state index in [-0.39, 0.29) is 0 Å². The number of aromatic nitrogens is 4. The number of aryl methyl sites for hydroxylation is 1. The number of ether oxygens (including phenoxy) is 1. The molecule has 7 heteroatoms. The molecule has 0 bridgehead atoms. The molecule has 0 aliphatic carbocycles. The maximum atomic E-state index is 5.41. The van der Waals surface area contributed by atoms with Gasteiger partial charge in [0.25, 0.3) is 0 Å². The highest BCUT2D eigenvalue weighted by Gasteiger charge is 2.13. The maximum Gasteiger partial charge on any atom is 0.163 e. The number of benzene rings is 1. The SMILES string of the molecule is Cc1ccc(Cn2ncc3c(NCCC[NH+]4CCOCC4)ncnc32)cc1. The molecule has 1 saturated heterocycles. The summed E-state index contributed by atoms with van der Waals surface area (Å²) in [5, 5.41) is 8.97. The van der Waals surface area contributed by atoms with E-state index in [1.54, 1.807) is 11.2 Å². The van der Waals surface area contributed by atoms with Crippen molar-refractivity contribution in [2.24, 2.45) is 0 Å². The third kappa shape index (κ3) is 4.43. The molecular formula is C20H27N6O+.